The number of hydrogen-bond acceptors (Lipinski definition) is 3. The minimum absolute atomic E-state index is 0.135. The number of nitrogen functional groups attached to an aromatic ring is 1. The maximum atomic E-state index is 13.1. The number of carboxylic acids is 1. The van der Waals surface area contributed by atoms with E-state index in [-0.39, 0.29) is 11.4 Å². The zero-order valence-corrected chi connectivity index (χ0v) is 12.9. The molecule has 0 saturated carbocycles. The van der Waals surface area contributed by atoms with Crippen LogP contribution < -0.4 is 10.6 Å². The van der Waals surface area contributed by atoms with Crippen LogP contribution in [0.1, 0.15) is 15.9 Å². The molecule has 0 bridgehead atoms. The first-order chi connectivity index (χ1) is 9.88. The Balaban J connectivity index is 2.32. The third kappa shape index (κ3) is 3.52. The predicted octanol–water partition coefficient (Wildman–Crippen LogP) is 3.51. The number of hydrogen-bond donors (Lipinski definition) is 2. The van der Waals surface area contributed by atoms with Crippen molar-refractivity contribution in [1.29, 1.82) is 0 Å². The van der Waals surface area contributed by atoms with Crippen molar-refractivity contribution in [2.75, 3.05) is 17.7 Å². The van der Waals surface area contributed by atoms with Crippen LogP contribution in [-0.2, 0) is 6.54 Å². The van der Waals surface area contributed by atoms with Gasteiger partial charge in [-0.15, -0.1) is 0 Å². The number of anilines is 2. The summed E-state index contributed by atoms with van der Waals surface area (Å²) in [6.45, 7) is 0.436. The van der Waals surface area contributed by atoms with E-state index in [0.29, 0.717) is 22.4 Å². The van der Waals surface area contributed by atoms with Gasteiger partial charge in [0.2, 0.25) is 0 Å². The SMILES string of the molecule is CN(Cc1ccc(F)cc1Br)c1ccc(N)cc1C(=O)O. The third-order valence-corrected chi connectivity index (χ3v) is 3.82. The monoisotopic (exact) mass is 352 g/mol. The normalized spacial score (nSPS) is 10.4. The molecule has 0 heterocycles. The number of halogens is 2. The molecule has 0 radical (unpaired) electrons. The lowest BCUT2D eigenvalue weighted by atomic mass is 10.1. The van der Waals surface area contributed by atoms with Crippen LogP contribution in [0.4, 0.5) is 15.8 Å². The number of carbonyl (C=O) groups is 1. The number of rotatable bonds is 4. The van der Waals surface area contributed by atoms with Gasteiger partial charge in [-0.2, -0.15) is 0 Å². The molecule has 21 heavy (non-hydrogen) atoms. The van der Waals surface area contributed by atoms with Crippen LogP contribution in [0, 0.1) is 5.82 Å². The summed E-state index contributed by atoms with van der Waals surface area (Å²) in [4.78, 5) is 13.1. The minimum Gasteiger partial charge on any atom is -0.478 e. The highest BCUT2D eigenvalue weighted by Gasteiger charge is 2.15. The Kier molecular flexibility index (Phi) is 4.47. The van der Waals surface area contributed by atoms with Gasteiger partial charge in [-0.05, 0) is 35.9 Å². The van der Waals surface area contributed by atoms with Crippen molar-refractivity contribution in [2.45, 2.75) is 6.54 Å². The number of nitrogens with zero attached hydrogens (tertiary/aromatic N) is 1. The molecule has 2 aromatic rings. The molecule has 0 saturated heterocycles. The van der Waals surface area contributed by atoms with Crippen LogP contribution in [0.25, 0.3) is 0 Å². The molecular weight excluding hydrogens is 339 g/mol. The fraction of sp³-hybridized carbons (Fsp3) is 0.133. The van der Waals surface area contributed by atoms with E-state index in [0.717, 1.165) is 5.56 Å². The van der Waals surface area contributed by atoms with E-state index < -0.39 is 5.97 Å². The summed E-state index contributed by atoms with van der Waals surface area (Å²) in [5.41, 5.74) is 7.56. The zero-order chi connectivity index (χ0) is 15.6. The van der Waals surface area contributed by atoms with Crippen molar-refractivity contribution in [2.24, 2.45) is 0 Å². The van der Waals surface area contributed by atoms with E-state index in [2.05, 4.69) is 15.9 Å². The Morgan fingerprint density at radius 3 is 2.67 bits per heavy atom. The van der Waals surface area contributed by atoms with Crippen LogP contribution in [0.2, 0.25) is 0 Å². The summed E-state index contributed by atoms with van der Waals surface area (Å²) < 4.78 is 13.7. The molecule has 6 heteroatoms. The second-order valence-electron chi connectivity index (χ2n) is 4.67. The van der Waals surface area contributed by atoms with Crippen LogP contribution in [-0.4, -0.2) is 18.1 Å². The highest BCUT2D eigenvalue weighted by molar-refractivity contribution is 9.10. The Hall–Kier alpha value is -2.08. The molecule has 0 aromatic heterocycles. The van der Waals surface area contributed by atoms with E-state index in [4.69, 9.17) is 5.73 Å². The average molecular weight is 353 g/mol. The molecule has 110 valence electrons. The van der Waals surface area contributed by atoms with E-state index in [1.54, 1.807) is 30.1 Å². The first-order valence-electron chi connectivity index (χ1n) is 6.16. The Labute approximate surface area is 130 Å². The lowest BCUT2D eigenvalue weighted by molar-refractivity contribution is 0.0697. The second-order valence-corrected chi connectivity index (χ2v) is 5.53. The second kappa shape index (κ2) is 6.13. The van der Waals surface area contributed by atoms with Gasteiger partial charge in [0, 0.05) is 23.8 Å². The van der Waals surface area contributed by atoms with Crippen LogP contribution in [0.15, 0.2) is 40.9 Å². The Bertz CT molecular complexity index is 691. The van der Waals surface area contributed by atoms with Crippen molar-refractivity contribution in [3.05, 3.63) is 57.8 Å². The molecular formula is C15H14BrFN2O2. The number of carboxylic acid groups (broad SMARTS) is 1. The van der Waals surface area contributed by atoms with Crippen molar-refractivity contribution >= 4 is 33.3 Å². The molecule has 0 spiro atoms. The quantitative estimate of drug-likeness (QED) is 0.826. The van der Waals surface area contributed by atoms with Gasteiger partial charge >= 0.3 is 5.97 Å². The van der Waals surface area contributed by atoms with Gasteiger partial charge in [-0.3, -0.25) is 0 Å². The number of benzene rings is 2. The lowest BCUT2D eigenvalue weighted by Crippen LogP contribution is -2.20. The molecule has 2 rings (SSSR count). The first-order valence-corrected chi connectivity index (χ1v) is 6.95. The minimum atomic E-state index is -1.04. The Morgan fingerprint density at radius 2 is 2.05 bits per heavy atom. The average Bonchev–Trinajstić information content (AvgIpc) is 2.41. The Morgan fingerprint density at radius 1 is 1.33 bits per heavy atom. The van der Waals surface area contributed by atoms with Crippen LogP contribution in [0.3, 0.4) is 0 Å². The molecule has 0 unspecified atom stereocenters. The summed E-state index contributed by atoms with van der Waals surface area (Å²) in [5.74, 6) is -1.37. The fourth-order valence-corrected chi connectivity index (χ4v) is 2.52. The summed E-state index contributed by atoms with van der Waals surface area (Å²) in [6, 6.07) is 9.15. The van der Waals surface area contributed by atoms with Crippen molar-refractivity contribution in [1.82, 2.24) is 0 Å². The van der Waals surface area contributed by atoms with Crippen LogP contribution in [0.5, 0.6) is 0 Å². The van der Waals surface area contributed by atoms with Gasteiger partial charge in [0.25, 0.3) is 0 Å². The summed E-state index contributed by atoms with van der Waals surface area (Å²) in [5, 5.41) is 9.25. The molecule has 0 aliphatic rings. The van der Waals surface area contributed by atoms with Gasteiger partial charge in [0.1, 0.15) is 5.82 Å². The lowest BCUT2D eigenvalue weighted by Gasteiger charge is -2.22. The van der Waals surface area contributed by atoms with Gasteiger partial charge in [-0.25, -0.2) is 9.18 Å². The van der Waals surface area contributed by atoms with Gasteiger partial charge in [-0.1, -0.05) is 22.0 Å². The van der Waals surface area contributed by atoms with Crippen molar-refractivity contribution < 1.29 is 14.3 Å². The van der Waals surface area contributed by atoms with E-state index >= 15 is 0 Å². The maximum Gasteiger partial charge on any atom is 0.337 e. The predicted molar refractivity (Wildman–Crippen MR) is 84.0 cm³/mol. The number of nitrogens with two attached hydrogens (primary N) is 1. The first kappa shape index (κ1) is 15.3. The van der Waals surface area contributed by atoms with Crippen molar-refractivity contribution in [3.8, 4) is 0 Å². The van der Waals surface area contributed by atoms with E-state index in [9.17, 15) is 14.3 Å². The highest BCUT2D eigenvalue weighted by atomic mass is 79.9. The van der Waals surface area contributed by atoms with Gasteiger partial charge < -0.3 is 15.7 Å². The number of aromatic carboxylic acids is 1. The smallest absolute Gasteiger partial charge is 0.337 e. The molecule has 0 fully saturated rings. The molecule has 2 aromatic carbocycles. The standard InChI is InChI=1S/C15H14BrFN2O2/c1-19(8-9-2-3-10(17)6-13(9)16)14-5-4-11(18)7-12(14)15(20)21/h2-7H,8,18H2,1H3,(H,20,21). The molecule has 0 atom stereocenters. The molecule has 0 aliphatic carbocycles. The van der Waals surface area contributed by atoms with Crippen LogP contribution >= 0.6 is 15.9 Å². The van der Waals surface area contributed by atoms with Crippen molar-refractivity contribution in [3.63, 3.8) is 0 Å². The summed E-state index contributed by atoms with van der Waals surface area (Å²) in [6.07, 6.45) is 0. The topological polar surface area (TPSA) is 66.6 Å². The molecule has 4 nitrogen and oxygen atoms in total. The third-order valence-electron chi connectivity index (χ3n) is 3.08. The zero-order valence-electron chi connectivity index (χ0n) is 11.3. The summed E-state index contributed by atoms with van der Waals surface area (Å²) in [7, 11) is 1.77. The fourth-order valence-electron chi connectivity index (χ4n) is 2.05. The maximum absolute atomic E-state index is 13.1. The van der Waals surface area contributed by atoms with Gasteiger partial charge in [0.05, 0.1) is 11.3 Å². The summed E-state index contributed by atoms with van der Waals surface area (Å²) >= 11 is 3.30. The van der Waals surface area contributed by atoms with Gasteiger partial charge in [0.15, 0.2) is 0 Å². The van der Waals surface area contributed by atoms with E-state index in [1.165, 1.54) is 18.2 Å². The van der Waals surface area contributed by atoms with E-state index in [1.807, 2.05) is 0 Å². The molecule has 3 N–H and O–H groups in total. The molecule has 0 amide bonds. The highest BCUT2D eigenvalue weighted by Crippen LogP contribution is 2.26. The largest absolute Gasteiger partial charge is 0.478 e. The molecule has 0 aliphatic heterocycles.